The second kappa shape index (κ2) is 4.91. The summed E-state index contributed by atoms with van der Waals surface area (Å²) < 4.78 is 9.70. The van der Waals surface area contributed by atoms with Gasteiger partial charge in [-0.05, 0) is 24.5 Å². The predicted octanol–water partition coefficient (Wildman–Crippen LogP) is 2.20. The van der Waals surface area contributed by atoms with Gasteiger partial charge in [-0.2, -0.15) is 0 Å². The Morgan fingerprint density at radius 3 is 2.50 bits per heavy atom. The van der Waals surface area contributed by atoms with E-state index >= 15 is 0 Å². The molecule has 0 saturated heterocycles. The average Bonchev–Trinajstić information content (AvgIpc) is 2.27. The van der Waals surface area contributed by atoms with Crippen LogP contribution in [0.5, 0.6) is 5.75 Å². The van der Waals surface area contributed by atoms with Crippen molar-refractivity contribution in [3.8, 4) is 5.75 Å². The summed E-state index contributed by atoms with van der Waals surface area (Å²) in [7, 11) is 2.93. The maximum atomic E-state index is 11.3. The second-order valence-electron chi connectivity index (χ2n) is 2.59. The van der Waals surface area contributed by atoms with Gasteiger partial charge in [-0.3, -0.25) is 0 Å². The molecule has 0 aliphatic carbocycles. The smallest absolute Gasteiger partial charge is 0.338 e. The summed E-state index contributed by atoms with van der Waals surface area (Å²) in [6, 6.07) is 5.31. The molecule has 0 fully saturated rings. The van der Waals surface area contributed by atoms with E-state index in [1.165, 1.54) is 7.11 Å². The number of methoxy groups -OCH3 is 2. The Hall–Kier alpha value is -1.16. The Morgan fingerprint density at radius 2 is 2.00 bits per heavy atom. The van der Waals surface area contributed by atoms with E-state index in [-0.39, 0.29) is 5.97 Å². The molecule has 0 spiro atoms. The van der Waals surface area contributed by atoms with Crippen molar-refractivity contribution in [2.24, 2.45) is 0 Å². The Labute approximate surface area is 87.4 Å². The number of carbonyl (C=O) groups is 1. The molecule has 0 heterocycles. The third-order valence-corrected chi connectivity index (χ3v) is 2.48. The van der Waals surface area contributed by atoms with Gasteiger partial charge in [0.15, 0.2) is 0 Å². The lowest BCUT2D eigenvalue weighted by atomic mass is 10.2. The molecule has 0 saturated carbocycles. The van der Waals surface area contributed by atoms with Crippen molar-refractivity contribution in [3.63, 3.8) is 0 Å². The van der Waals surface area contributed by atoms with E-state index < -0.39 is 0 Å². The Kier molecular flexibility index (Phi) is 3.83. The van der Waals surface area contributed by atoms with Crippen LogP contribution in [0.25, 0.3) is 0 Å². The molecular weight excluding hydrogens is 200 g/mol. The predicted molar refractivity (Wildman–Crippen MR) is 56.1 cm³/mol. The van der Waals surface area contributed by atoms with Crippen LogP contribution in [-0.2, 0) is 4.74 Å². The first-order chi connectivity index (χ1) is 6.71. The summed E-state index contributed by atoms with van der Waals surface area (Å²) in [6.45, 7) is 0. The first-order valence-electron chi connectivity index (χ1n) is 4.02. The van der Waals surface area contributed by atoms with E-state index in [9.17, 15) is 4.79 Å². The van der Waals surface area contributed by atoms with E-state index in [1.54, 1.807) is 31.0 Å². The number of hydrogen-bond acceptors (Lipinski definition) is 4. The van der Waals surface area contributed by atoms with E-state index in [4.69, 9.17) is 4.74 Å². The summed E-state index contributed by atoms with van der Waals surface area (Å²) >= 11 is 1.55. The van der Waals surface area contributed by atoms with Gasteiger partial charge in [-0.15, -0.1) is 11.8 Å². The molecule has 14 heavy (non-hydrogen) atoms. The largest absolute Gasteiger partial charge is 0.497 e. The molecule has 0 aliphatic rings. The summed E-state index contributed by atoms with van der Waals surface area (Å²) in [5.41, 5.74) is 0.510. The first-order valence-corrected chi connectivity index (χ1v) is 5.25. The molecule has 0 aromatic heterocycles. The summed E-state index contributed by atoms with van der Waals surface area (Å²) in [4.78, 5) is 12.2. The van der Waals surface area contributed by atoms with Crippen LogP contribution in [0.1, 0.15) is 10.4 Å². The fraction of sp³-hybridized carbons (Fsp3) is 0.300. The monoisotopic (exact) mass is 212 g/mol. The fourth-order valence-electron chi connectivity index (χ4n) is 1.04. The van der Waals surface area contributed by atoms with Crippen LogP contribution in [0.3, 0.4) is 0 Å². The van der Waals surface area contributed by atoms with Gasteiger partial charge in [0.1, 0.15) is 5.75 Å². The third-order valence-electron chi connectivity index (χ3n) is 1.77. The van der Waals surface area contributed by atoms with Crippen molar-refractivity contribution in [2.75, 3.05) is 20.5 Å². The Bertz CT molecular complexity index is 314. The lowest BCUT2D eigenvalue weighted by Gasteiger charge is -2.05. The zero-order valence-corrected chi connectivity index (χ0v) is 9.18. The molecular formula is C10H12O3S. The first kappa shape index (κ1) is 10.9. The molecule has 0 radical (unpaired) electrons. The quantitative estimate of drug-likeness (QED) is 0.568. The van der Waals surface area contributed by atoms with Crippen LogP contribution in [0.2, 0.25) is 0 Å². The topological polar surface area (TPSA) is 35.5 Å². The number of thioether (sulfide) groups is 1. The minimum Gasteiger partial charge on any atom is -0.497 e. The van der Waals surface area contributed by atoms with Gasteiger partial charge in [0, 0.05) is 4.90 Å². The van der Waals surface area contributed by atoms with Gasteiger partial charge in [0.2, 0.25) is 0 Å². The van der Waals surface area contributed by atoms with Crippen molar-refractivity contribution in [1.82, 2.24) is 0 Å². The minimum atomic E-state index is -0.348. The van der Waals surface area contributed by atoms with Gasteiger partial charge in [0.25, 0.3) is 0 Å². The molecule has 0 bridgehead atoms. The van der Waals surface area contributed by atoms with Crippen LogP contribution in [0.15, 0.2) is 23.1 Å². The Morgan fingerprint density at radius 1 is 1.29 bits per heavy atom. The highest BCUT2D eigenvalue weighted by molar-refractivity contribution is 7.98. The van der Waals surface area contributed by atoms with Crippen molar-refractivity contribution in [2.45, 2.75) is 4.90 Å². The van der Waals surface area contributed by atoms with E-state index in [2.05, 4.69) is 4.74 Å². The van der Waals surface area contributed by atoms with E-state index in [0.29, 0.717) is 11.3 Å². The average molecular weight is 212 g/mol. The van der Waals surface area contributed by atoms with Crippen LogP contribution in [0.4, 0.5) is 0 Å². The lowest BCUT2D eigenvalue weighted by Crippen LogP contribution is -2.01. The van der Waals surface area contributed by atoms with Gasteiger partial charge < -0.3 is 9.47 Å². The molecule has 1 rings (SSSR count). The number of rotatable bonds is 3. The van der Waals surface area contributed by atoms with Gasteiger partial charge >= 0.3 is 5.97 Å². The van der Waals surface area contributed by atoms with Crippen molar-refractivity contribution >= 4 is 17.7 Å². The van der Waals surface area contributed by atoms with Crippen LogP contribution in [0, 0.1) is 0 Å². The normalized spacial score (nSPS) is 9.64. The zero-order valence-electron chi connectivity index (χ0n) is 8.37. The maximum Gasteiger partial charge on any atom is 0.338 e. The van der Waals surface area contributed by atoms with Crippen molar-refractivity contribution < 1.29 is 14.3 Å². The highest BCUT2D eigenvalue weighted by Crippen LogP contribution is 2.23. The maximum absolute atomic E-state index is 11.3. The second-order valence-corrected chi connectivity index (χ2v) is 3.47. The summed E-state index contributed by atoms with van der Waals surface area (Å²) in [5.74, 6) is 0.316. The molecule has 0 N–H and O–H groups in total. The molecule has 0 atom stereocenters. The molecule has 1 aromatic rings. The highest BCUT2D eigenvalue weighted by atomic mass is 32.2. The third kappa shape index (κ3) is 2.42. The van der Waals surface area contributed by atoms with Gasteiger partial charge in [-0.25, -0.2) is 4.79 Å². The standard InChI is InChI=1S/C10H12O3S/c1-12-8-4-7(10(11)13-2)5-9(6-8)14-3/h4-6H,1-3H3. The number of esters is 1. The molecule has 0 unspecified atom stereocenters. The molecule has 0 aliphatic heterocycles. The van der Waals surface area contributed by atoms with Gasteiger partial charge in [0.05, 0.1) is 19.8 Å². The molecule has 1 aromatic carbocycles. The lowest BCUT2D eigenvalue weighted by molar-refractivity contribution is 0.0600. The Balaban J connectivity index is 3.10. The number of ether oxygens (including phenoxy) is 2. The van der Waals surface area contributed by atoms with Crippen LogP contribution < -0.4 is 4.74 Å². The zero-order chi connectivity index (χ0) is 10.6. The minimum absolute atomic E-state index is 0.348. The van der Waals surface area contributed by atoms with E-state index in [0.717, 1.165) is 4.90 Å². The number of hydrogen-bond donors (Lipinski definition) is 0. The molecule has 3 nitrogen and oxygen atoms in total. The number of carbonyl (C=O) groups excluding carboxylic acids is 1. The SMILES string of the molecule is COC(=O)c1cc(OC)cc(SC)c1. The van der Waals surface area contributed by atoms with Crippen molar-refractivity contribution in [1.29, 1.82) is 0 Å². The van der Waals surface area contributed by atoms with Crippen LogP contribution in [-0.4, -0.2) is 26.4 Å². The van der Waals surface area contributed by atoms with E-state index in [1.807, 2.05) is 12.3 Å². The summed E-state index contributed by atoms with van der Waals surface area (Å²) in [5, 5.41) is 0. The molecule has 4 heteroatoms. The summed E-state index contributed by atoms with van der Waals surface area (Å²) in [6.07, 6.45) is 1.94. The highest BCUT2D eigenvalue weighted by Gasteiger charge is 2.08. The van der Waals surface area contributed by atoms with Crippen LogP contribution >= 0.6 is 11.8 Å². The van der Waals surface area contributed by atoms with Gasteiger partial charge in [-0.1, -0.05) is 0 Å². The fourth-order valence-corrected chi connectivity index (χ4v) is 1.52. The molecule has 0 amide bonds. The molecule has 76 valence electrons. The van der Waals surface area contributed by atoms with Crippen molar-refractivity contribution in [3.05, 3.63) is 23.8 Å². The number of benzene rings is 1.